The van der Waals surface area contributed by atoms with Crippen molar-refractivity contribution in [1.29, 1.82) is 0 Å². The lowest BCUT2D eigenvalue weighted by Gasteiger charge is -2.36. The number of para-hydroxylation sites is 3. The molecule has 7 N–H and O–H groups in total. The van der Waals surface area contributed by atoms with Crippen molar-refractivity contribution in [2.45, 2.75) is 78.4 Å². The monoisotopic (exact) mass is 1800 g/mol. The first kappa shape index (κ1) is 90.4. The number of amides is 5. The number of anilines is 12. The van der Waals surface area contributed by atoms with Crippen LogP contribution in [0.3, 0.4) is 0 Å². The van der Waals surface area contributed by atoms with Gasteiger partial charge in [0.25, 0.3) is 17.7 Å². The number of carboxylic acids is 1. The predicted molar refractivity (Wildman–Crippen MR) is 471 cm³/mol. The van der Waals surface area contributed by atoms with E-state index >= 15 is 0 Å². The largest absolute Gasteiger partial charge is 0.481 e. The number of fused-ring (bicyclic) bond motifs is 3. The minimum atomic E-state index is -0.985. The number of nitrogens with two attached hydrogens (primary N) is 1. The average Bonchev–Trinajstić information content (AvgIpc) is 0.783. The van der Waals surface area contributed by atoms with Crippen LogP contribution in [0, 0.1) is 0 Å². The van der Waals surface area contributed by atoms with Crippen LogP contribution < -0.4 is 70.6 Å². The van der Waals surface area contributed by atoms with E-state index in [1.165, 1.54) is 39.0 Å². The lowest BCUT2D eigenvalue weighted by atomic mass is 10.2. The van der Waals surface area contributed by atoms with Crippen LogP contribution in [-0.4, -0.2) is 209 Å². The summed E-state index contributed by atoms with van der Waals surface area (Å²) in [6.45, 7) is 19.7. The Kier molecular flexibility index (Phi) is 30.1. The summed E-state index contributed by atoms with van der Waals surface area (Å²) in [5, 5.41) is 23.1. The zero-order chi connectivity index (χ0) is 87.8. The predicted octanol–water partition coefficient (Wildman–Crippen LogP) is 13.6. The van der Waals surface area contributed by atoms with Gasteiger partial charge in [0, 0.05) is 138 Å². The van der Waals surface area contributed by atoms with Gasteiger partial charge in [0.1, 0.15) is 27.9 Å². The number of ether oxygens (including phenoxy) is 5. The molecule has 6 aromatic carbocycles. The highest BCUT2D eigenvalue weighted by molar-refractivity contribution is 6.42. The van der Waals surface area contributed by atoms with Crippen LogP contribution in [0.5, 0.6) is 17.6 Å². The normalized spacial score (nSPS) is 15.0. The number of carbonyl (C=O) groups is 8. The second kappa shape index (κ2) is 40.9. The highest BCUT2D eigenvalue weighted by atomic mass is 35.5. The second-order valence-electron chi connectivity index (χ2n) is 30.2. The van der Waals surface area contributed by atoms with Crippen LogP contribution in [0.15, 0.2) is 146 Å². The first-order valence-corrected chi connectivity index (χ1v) is 41.4. The van der Waals surface area contributed by atoms with Gasteiger partial charge < -0.3 is 80.3 Å². The van der Waals surface area contributed by atoms with Crippen LogP contribution in [-0.2, 0) is 33.4 Å². The van der Waals surface area contributed by atoms with Gasteiger partial charge in [-0.25, -0.2) is 15.0 Å². The summed E-state index contributed by atoms with van der Waals surface area (Å²) in [6, 6.07) is 38.8. The molecule has 3 fully saturated rings. The molecule has 9 heterocycles. The van der Waals surface area contributed by atoms with E-state index in [0.29, 0.717) is 98.4 Å². The molecule has 15 rings (SSSR count). The zero-order valence-corrected chi connectivity index (χ0v) is 72.4. The third kappa shape index (κ3) is 23.9. The first-order valence-electron chi connectivity index (χ1n) is 39.1. The van der Waals surface area contributed by atoms with Gasteiger partial charge in [-0.1, -0.05) is 87.8 Å². The summed E-state index contributed by atoms with van der Waals surface area (Å²) < 4.78 is 27.4. The molecule has 5 amide bonds. The molecule has 123 heavy (non-hydrogen) atoms. The van der Waals surface area contributed by atoms with Crippen molar-refractivity contribution in [2.75, 3.05) is 151 Å². The Balaban J connectivity index is 0.000000159. The first-order chi connectivity index (χ1) is 58.8. The van der Waals surface area contributed by atoms with Crippen molar-refractivity contribution < 1.29 is 67.1 Å². The van der Waals surface area contributed by atoms with Crippen LogP contribution in [0.2, 0.25) is 30.1 Å². The van der Waals surface area contributed by atoms with E-state index in [1.807, 2.05) is 81.4 Å². The molecular formula is C84H89Cl6N19O14. The molecule has 646 valence electrons. The summed E-state index contributed by atoms with van der Waals surface area (Å²) in [5.41, 5.74) is 11.8. The van der Waals surface area contributed by atoms with Gasteiger partial charge in [0.05, 0.1) is 73.0 Å². The second-order valence-corrected chi connectivity index (χ2v) is 32.7. The van der Waals surface area contributed by atoms with Crippen LogP contribution >= 0.6 is 69.6 Å². The van der Waals surface area contributed by atoms with Crippen molar-refractivity contribution in [3.05, 3.63) is 193 Å². The van der Waals surface area contributed by atoms with E-state index in [9.17, 15) is 38.4 Å². The van der Waals surface area contributed by atoms with E-state index in [2.05, 4.69) is 78.0 Å². The highest BCUT2D eigenvalue weighted by Gasteiger charge is 2.36. The summed E-state index contributed by atoms with van der Waals surface area (Å²) in [5.74, 6) is -1.44. The summed E-state index contributed by atoms with van der Waals surface area (Å²) in [7, 11) is 0. The Bertz CT molecular complexity index is 5280. The van der Waals surface area contributed by atoms with Crippen molar-refractivity contribution in [3.8, 4) is 17.6 Å². The zero-order valence-electron chi connectivity index (χ0n) is 67.9. The third-order valence-electron chi connectivity index (χ3n) is 19.2. The fourth-order valence-corrected chi connectivity index (χ4v) is 15.1. The standard InChI is InChI=1S/C30H32Cl2N6O5.C24H23Cl2N7O3.C22H20Cl2N6O2.C8H14O4/c1-30(2,3)43-25(40)12-11-24(39)37-15-13-36(14-16-37)20-9-7-19(8-10-20)34-29-33-17-21-27(35-29)42-18-38(28(21)41)26-22(31)5-4-6-23(26)32;25-18-2-1-3-19(26)21(18)33-14-36-22-17(23(33)35)13-28-24(30-22)29-15-4-6-16(7-5-15)31-8-10-32(11-9-31)20(34)12-27;23-17-2-1-3-18(24)19(17)30-13-32-20-16(21(30)31)12-26-22(28-20)27-14-4-6-15(7-5-14)29-10-8-25-9-11-29;1-8(2,3)12-7(11)5-4-6(9)10/h4-10,17H,11-16,18H2,1-3H3,(H,33,34,35);1-7,13H,8-12,14,27H2,(H,28,29,30);1-7,12,25H,8-11,13H2,(H,26,27,28);4-5H2,1-3H3,(H,9,10). The van der Waals surface area contributed by atoms with E-state index < -0.39 is 23.1 Å². The number of nitrogens with zero attached hydrogens (tertiary/aromatic N) is 14. The number of piperazine rings is 3. The third-order valence-corrected chi connectivity index (χ3v) is 21.1. The number of aliphatic carboxylic acids is 1. The Morgan fingerprint density at radius 2 is 0.715 bits per heavy atom. The van der Waals surface area contributed by atoms with Gasteiger partial charge >= 0.3 is 17.9 Å². The number of esters is 2. The Labute approximate surface area is 738 Å². The summed E-state index contributed by atoms with van der Waals surface area (Å²) in [4.78, 5) is 137. The molecule has 0 saturated carbocycles. The maximum absolute atomic E-state index is 13.1. The molecule has 33 nitrogen and oxygen atoms in total. The number of carboxylic acid groups (broad SMARTS) is 1. The molecule has 6 aliphatic rings. The molecule has 0 atom stereocenters. The molecule has 0 bridgehead atoms. The highest BCUT2D eigenvalue weighted by Crippen LogP contribution is 2.41. The van der Waals surface area contributed by atoms with Gasteiger partial charge in [-0.05, 0) is 151 Å². The Morgan fingerprint density at radius 1 is 0.423 bits per heavy atom. The molecule has 0 unspecified atom stereocenters. The molecule has 0 aliphatic carbocycles. The lowest BCUT2D eigenvalue weighted by molar-refractivity contribution is -0.157. The number of hydrogen-bond acceptors (Lipinski definition) is 27. The molecule has 3 saturated heterocycles. The smallest absolute Gasteiger partial charge is 0.306 e. The number of aromatic nitrogens is 6. The van der Waals surface area contributed by atoms with E-state index in [4.69, 9.17) is 104 Å². The quantitative estimate of drug-likeness (QED) is 0.0409. The van der Waals surface area contributed by atoms with Gasteiger partial charge in [-0.3, -0.25) is 53.1 Å². The van der Waals surface area contributed by atoms with Crippen molar-refractivity contribution in [1.82, 2.24) is 45.0 Å². The van der Waals surface area contributed by atoms with E-state index in [-0.39, 0.29) is 128 Å². The maximum atomic E-state index is 13.1. The van der Waals surface area contributed by atoms with Crippen molar-refractivity contribution in [3.63, 3.8) is 0 Å². The molecule has 6 aliphatic heterocycles. The number of nitrogens with one attached hydrogen (secondary N) is 4. The maximum Gasteiger partial charge on any atom is 0.306 e. The van der Waals surface area contributed by atoms with Gasteiger partial charge in [0.2, 0.25) is 47.3 Å². The topological polar surface area (TPSA) is 380 Å². The fourth-order valence-electron chi connectivity index (χ4n) is 13.3. The number of benzene rings is 6. The minimum absolute atomic E-state index is 0.0229. The average molecular weight is 1800 g/mol. The van der Waals surface area contributed by atoms with Crippen LogP contribution in [0.25, 0.3) is 0 Å². The fraction of sp³-hybridized carbons (Fsp3) is 0.333. The van der Waals surface area contributed by atoms with Crippen molar-refractivity contribution >= 4 is 186 Å². The van der Waals surface area contributed by atoms with Crippen molar-refractivity contribution in [2.24, 2.45) is 5.73 Å². The van der Waals surface area contributed by atoms with Gasteiger partial charge in [-0.15, -0.1) is 0 Å². The molecule has 3 aromatic heterocycles. The Hall–Kier alpha value is -11.8. The van der Waals surface area contributed by atoms with Gasteiger partial charge in [-0.2, -0.15) is 15.0 Å². The lowest BCUT2D eigenvalue weighted by Crippen LogP contribution is -2.50. The number of halogens is 6. The number of carbonyl (C=O) groups excluding carboxylic acids is 7. The van der Waals surface area contributed by atoms with E-state index in [1.54, 1.807) is 85.2 Å². The van der Waals surface area contributed by atoms with Gasteiger partial charge in [0.15, 0.2) is 20.2 Å². The number of rotatable bonds is 19. The van der Waals surface area contributed by atoms with Crippen LogP contribution in [0.4, 0.5) is 69.0 Å². The summed E-state index contributed by atoms with van der Waals surface area (Å²) >= 11 is 37.6. The molecule has 0 spiro atoms. The number of hydrogen-bond donors (Lipinski definition) is 6. The molecule has 0 radical (unpaired) electrons. The minimum Gasteiger partial charge on any atom is -0.481 e. The molecule has 39 heteroatoms. The molecular weight excluding hydrogens is 1710 g/mol. The summed E-state index contributed by atoms with van der Waals surface area (Å²) in [6.07, 6.45) is 4.26. The SMILES string of the molecule is CC(C)(C)OC(=O)CCC(=O)N1CCN(c2ccc(Nc3ncc4c(n3)OCN(c3c(Cl)cccc3Cl)C4=O)cc2)CC1.CC(C)(C)OC(=O)CCC(=O)O.NCC(=O)N1CCN(c2ccc(Nc3ncc4c(n3)OCN(c3c(Cl)cccc3Cl)C4=O)cc2)CC1.O=C1c2cnc(Nc3ccc(N4CCNCC4)cc3)nc2OCN1c1c(Cl)cccc1Cl. The Morgan fingerprint density at radius 3 is 1.01 bits per heavy atom. The molecule has 9 aromatic rings. The van der Waals surface area contributed by atoms with E-state index in [0.717, 1.165) is 67.7 Å². The van der Waals surface area contributed by atoms with Crippen LogP contribution in [0.1, 0.15) is 98.3 Å².